The van der Waals surface area contributed by atoms with Crippen molar-refractivity contribution in [2.24, 2.45) is 10.8 Å². The quantitative estimate of drug-likeness (QED) is 0.541. The molecule has 1 aromatic carbocycles. The minimum absolute atomic E-state index is 0.0471. The number of nitrogens with zero attached hydrogens (tertiary/aromatic N) is 2. The van der Waals surface area contributed by atoms with E-state index in [1.54, 1.807) is 12.1 Å². The van der Waals surface area contributed by atoms with Gasteiger partial charge in [-0.05, 0) is 69.2 Å². The van der Waals surface area contributed by atoms with Crippen molar-refractivity contribution in [3.63, 3.8) is 0 Å². The molecule has 2 atom stereocenters. The average Bonchev–Trinajstić information content (AvgIpc) is 3.02. The van der Waals surface area contributed by atoms with E-state index in [2.05, 4.69) is 4.90 Å². The van der Waals surface area contributed by atoms with Gasteiger partial charge in [-0.2, -0.15) is 13.2 Å². The lowest BCUT2D eigenvalue weighted by molar-refractivity contribution is -0.189. The summed E-state index contributed by atoms with van der Waals surface area (Å²) in [5, 5.41) is 0. The number of anilines is 1. The third kappa shape index (κ3) is 4.32. The number of carbonyl (C=O) groups is 1. The molecule has 2 heterocycles. The molecule has 3 aliphatic rings. The van der Waals surface area contributed by atoms with Crippen LogP contribution < -0.4 is 9.64 Å². The number of alkyl halides is 5. The van der Waals surface area contributed by atoms with Crippen molar-refractivity contribution in [3.05, 3.63) is 24.3 Å². The summed E-state index contributed by atoms with van der Waals surface area (Å²) in [6, 6.07) is 6.80. The fourth-order valence-electron chi connectivity index (χ4n) is 4.74. The van der Waals surface area contributed by atoms with E-state index in [9.17, 15) is 18.0 Å². The predicted octanol–water partition coefficient (Wildman–Crippen LogP) is 5.42. The number of carbonyl (C=O) groups excluding carboxylic acids is 1. The van der Waals surface area contributed by atoms with Gasteiger partial charge in [-0.1, -0.05) is 0 Å². The Balaban J connectivity index is 1.32. The summed E-state index contributed by atoms with van der Waals surface area (Å²) in [5.41, 5.74) is 0.456. The van der Waals surface area contributed by atoms with E-state index < -0.39 is 22.0 Å². The average molecular weight is 479 g/mol. The number of hydrogen-bond donors (Lipinski definition) is 0. The Morgan fingerprint density at radius 2 is 1.65 bits per heavy atom. The van der Waals surface area contributed by atoms with Crippen molar-refractivity contribution in [3.8, 4) is 5.75 Å². The van der Waals surface area contributed by atoms with Gasteiger partial charge in [-0.3, -0.25) is 4.79 Å². The summed E-state index contributed by atoms with van der Waals surface area (Å²) in [6.45, 7) is 6.00. The number of hydrogen-bond acceptors (Lipinski definition) is 3. The van der Waals surface area contributed by atoms with Crippen LogP contribution in [0.3, 0.4) is 0 Å². The highest BCUT2D eigenvalue weighted by atomic mass is 35.5. The van der Waals surface area contributed by atoms with Crippen molar-refractivity contribution < 1.29 is 22.7 Å². The second kappa shape index (κ2) is 7.62. The first-order chi connectivity index (χ1) is 14.4. The standard InChI is InChI=1S/C22H27Cl2F3N2O2/c1-15(22(25,26)27)31-17-5-3-16(4-6-17)29-12-9-20(14-29)7-10-28(11-8-20)18(30)19(2)13-21(19,23)24/h3-6,15H,7-14H2,1-2H3. The number of piperidine rings is 1. The zero-order valence-corrected chi connectivity index (χ0v) is 19.2. The number of benzene rings is 1. The van der Waals surface area contributed by atoms with Crippen LogP contribution in [0.2, 0.25) is 0 Å². The number of rotatable bonds is 4. The van der Waals surface area contributed by atoms with E-state index in [0.717, 1.165) is 45.0 Å². The molecule has 2 saturated heterocycles. The van der Waals surface area contributed by atoms with E-state index >= 15 is 0 Å². The van der Waals surface area contributed by atoms with Crippen LogP contribution in [0.5, 0.6) is 5.75 Å². The molecule has 2 aliphatic heterocycles. The van der Waals surface area contributed by atoms with Crippen LogP contribution in [0.1, 0.15) is 39.5 Å². The van der Waals surface area contributed by atoms with E-state index in [1.807, 2.05) is 24.0 Å². The van der Waals surface area contributed by atoms with Crippen LogP contribution in [0.15, 0.2) is 24.3 Å². The van der Waals surface area contributed by atoms with E-state index in [-0.39, 0.29) is 17.1 Å². The maximum absolute atomic E-state index is 12.8. The molecule has 1 amide bonds. The molecule has 1 spiro atoms. The first kappa shape index (κ1) is 22.8. The van der Waals surface area contributed by atoms with Gasteiger partial charge in [0.15, 0.2) is 6.10 Å². The molecule has 31 heavy (non-hydrogen) atoms. The van der Waals surface area contributed by atoms with Crippen molar-refractivity contribution in [1.29, 1.82) is 0 Å². The van der Waals surface area contributed by atoms with Gasteiger partial charge in [0.2, 0.25) is 5.91 Å². The Bertz CT molecular complexity index is 838. The second-order valence-corrected chi connectivity index (χ2v) is 11.0. The molecule has 4 rings (SSSR count). The summed E-state index contributed by atoms with van der Waals surface area (Å²) in [7, 11) is 0. The summed E-state index contributed by atoms with van der Waals surface area (Å²) < 4.78 is 42.1. The normalized spacial score (nSPS) is 28.0. The lowest BCUT2D eigenvalue weighted by Crippen LogP contribution is -2.47. The van der Waals surface area contributed by atoms with Crippen LogP contribution >= 0.6 is 23.2 Å². The lowest BCUT2D eigenvalue weighted by Gasteiger charge is -2.40. The molecule has 0 radical (unpaired) electrons. The van der Waals surface area contributed by atoms with Gasteiger partial charge in [0, 0.05) is 31.9 Å². The maximum atomic E-state index is 12.8. The molecule has 4 nitrogen and oxygen atoms in total. The molecule has 9 heteroatoms. The molecule has 1 aromatic rings. The summed E-state index contributed by atoms with van der Waals surface area (Å²) >= 11 is 12.4. The Morgan fingerprint density at radius 1 is 1.10 bits per heavy atom. The SMILES string of the molecule is CC(Oc1ccc(N2CCC3(CCN(C(=O)C4(C)CC4(Cl)Cl)CC3)C2)cc1)C(F)(F)F. The molecule has 1 saturated carbocycles. The van der Waals surface area contributed by atoms with Gasteiger partial charge >= 0.3 is 6.18 Å². The third-order valence-corrected chi connectivity index (χ3v) is 8.36. The van der Waals surface area contributed by atoms with Crippen molar-refractivity contribution in [2.75, 3.05) is 31.1 Å². The number of halogens is 5. The predicted molar refractivity (Wildman–Crippen MR) is 115 cm³/mol. The largest absolute Gasteiger partial charge is 0.481 e. The van der Waals surface area contributed by atoms with Gasteiger partial charge in [0.25, 0.3) is 0 Å². The minimum Gasteiger partial charge on any atom is -0.481 e. The number of ether oxygens (including phenoxy) is 1. The van der Waals surface area contributed by atoms with Gasteiger partial charge in [0.05, 0.1) is 5.41 Å². The molecular formula is C22H27Cl2F3N2O2. The monoisotopic (exact) mass is 478 g/mol. The van der Waals surface area contributed by atoms with Crippen LogP contribution in [-0.2, 0) is 4.79 Å². The molecular weight excluding hydrogens is 452 g/mol. The Hall–Kier alpha value is -1.34. The van der Waals surface area contributed by atoms with Crippen LogP contribution in [0, 0.1) is 10.8 Å². The van der Waals surface area contributed by atoms with Crippen LogP contribution in [0.25, 0.3) is 0 Å². The zero-order valence-electron chi connectivity index (χ0n) is 17.6. The maximum Gasteiger partial charge on any atom is 0.425 e. The summed E-state index contributed by atoms with van der Waals surface area (Å²) in [5.74, 6) is 0.253. The molecule has 0 aromatic heterocycles. The van der Waals surface area contributed by atoms with Gasteiger partial charge in [-0.15, -0.1) is 23.2 Å². The summed E-state index contributed by atoms with van der Waals surface area (Å²) in [6.07, 6.45) is -2.85. The highest BCUT2D eigenvalue weighted by molar-refractivity contribution is 6.53. The van der Waals surface area contributed by atoms with Crippen LogP contribution in [-0.4, -0.2) is 53.6 Å². The number of likely N-dealkylation sites (tertiary alicyclic amines) is 1. The Kier molecular flexibility index (Phi) is 5.61. The van der Waals surface area contributed by atoms with Gasteiger partial charge in [-0.25, -0.2) is 0 Å². The first-order valence-corrected chi connectivity index (χ1v) is 11.4. The first-order valence-electron chi connectivity index (χ1n) is 10.6. The molecule has 3 fully saturated rings. The fraction of sp³-hybridized carbons (Fsp3) is 0.682. The van der Waals surface area contributed by atoms with Crippen molar-refractivity contribution in [2.45, 2.75) is 56.1 Å². The lowest BCUT2D eigenvalue weighted by atomic mass is 9.77. The van der Waals surface area contributed by atoms with Crippen molar-refractivity contribution in [1.82, 2.24) is 4.90 Å². The zero-order chi connectivity index (χ0) is 22.7. The van der Waals surface area contributed by atoms with E-state index in [1.165, 1.54) is 0 Å². The molecule has 0 bridgehead atoms. The van der Waals surface area contributed by atoms with Gasteiger partial charge < -0.3 is 14.5 Å². The van der Waals surface area contributed by atoms with Gasteiger partial charge in [0.1, 0.15) is 10.1 Å². The third-order valence-electron chi connectivity index (χ3n) is 7.26. The van der Waals surface area contributed by atoms with E-state index in [0.29, 0.717) is 19.5 Å². The number of amides is 1. The molecule has 172 valence electrons. The Labute approximate surface area is 190 Å². The fourth-order valence-corrected chi connectivity index (χ4v) is 5.43. The molecule has 1 aliphatic carbocycles. The van der Waals surface area contributed by atoms with Crippen molar-refractivity contribution >= 4 is 34.8 Å². The van der Waals surface area contributed by atoms with E-state index in [4.69, 9.17) is 27.9 Å². The topological polar surface area (TPSA) is 32.8 Å². The second-order valence-electron chi connectivity index (χ2n) is 9.47. The molecule has 0 N–H and O–H groups in total. The van der Waals surface area contributed by atoms with Crippen LogP contribution in [0.4, 0.5) is 18.9 Å². The highest BCUT2D eigenvalue weighted by Gasteiger charge is 2.69. The molecule has 2 unspecified atom stereocenters. The smallest absolute Gasteiger partial charge is 0.425 e. The highest BCUT2D eigenvalue weighted by Crippen LogP contribution is 2.64. The summed E-state index contributed by atoms with van der Waals surface area (Å²) in [4.78, 5) is 17.0. The minimum atomic E-state index is -4.39. The Morgan fingerprint density at radius 3 is 2.16 bits per heavy atom.